The monoisotopic (exact) mass is 210 g/mol. The molecule has 0 aliphatic carbocycles. The number of ether oxygens (including phenoxy) is 2. The van der Waals surface area contributed by atoms with Crippen LogP contribution in [0.25, 0.3) is 0 Å². The van der Waals surface area contributed by atoms with Gasteiger partial charge in [0, 0.05) is 30.4 Å². The van der Waals surface area contributed by atoms with Gasteiger partial charge in [-0.25, -0.2) is 0 Å². The molecule has 0 N–H and O–H groups in total. The van der Waals surface area contributed by atoms with E-state index in [1.54, 1.807) is 32.4 Å². The van der Waals surface area contributed by atoms with E-state index < -0.39 is 6.29 Å². The Hall–Kier alpha value is -1.01. The second kappa shape index (κ2) is 5.02. The van der Waals surface area contributed by atoms with Gasteiger partial charge in [-0.05, 0) is 18.2 Å². The highest BCUT2D eigenvalue weighted by molar-refractivity contribution is 6.30. The molecule has 0 atom stereocenters. The summed E-state index contributed by atoms with van der Waals surface area (Å²) >= 11 is 5.85. The van der Waals surface area contributed by atoms with Crippen LogP contribution in [0.3, 0.4) is 0 Å². The minimum atomic E-state index is -0.472. The molecule has 1 aromatic rings. The summed E-state index contributed by atoms with van der Waals surface area (Å²) < 4.78 is 10.2. The van der Waals surface area contributed by atoms with Gasteiger partial charge in [0.2, 0.25) is 0 Å². The fourth-order valence-corrected chi connectivity index (χ4v) is 1.39. The normalized spacial score (nSPS) is 10.2. The molecule has 0 radical (unpaired) electrons. The third-order valence-electron chi connectivity index (χ3n) is 1.85. The number of terminal acetylenes is 1. The van der Waals surface area contributed by atoms with Crippen molar-refractivity contribution in [3.05, 3.63) is 34.3 Å². The van der Waals surface area contributed by atoms with Crippen molar-refractivity contribution >= 4 is 11.6 Å². The van der Waals surface area contributed by atoms with Gasteiger partial charge in [-0.2, -0.15) is 0 Å². The molecule has 0 heterocycles. The third kappa shape index (κ3) is 2.27. The number of hydrogen-bond acceptors (Lipinski definition) is 2. The van der Waals surface area contributed by atoms with Gasteiger partial charge >= 0.3 is 0 Å². The van der Waals surface area contributed by atoms with E-state index in [-0.39, 0.29) is 0 Å². The summed E-state index contributed by atoms with van der Waals surface area (Å²) in [5, 5.41) is 0.609. The molecule has 0 aliphatic rings. The summed E-state index contributed by atoms with van der Waals surface area (Å²) in [5.74, 6) is 2.55. The van der Waals surface area contributed by atoms with Crippen molar-refractivity contribution in [1.29, 1.82) is 0 Å². The molecule has 0 spiro atoms. The average Bonchev–Trinajstić information content (AvgIpc) is 2.20. The summed E-state index contributed by atoms with van der Waals surface area (Å²) in [7, 11) is 3.10. The summed E-state index contributed by atoms with van der Waals surface area (Å²) in [6, 6.07) is 5.25. The van der Waals surface area contributed by atoms with E-state index in [9.17, 15) is 0 Å². The van der Waals surface area contributed by atoms with Crippen LogP contribution in [0.4, 0.5) is 0 Å². The summed E-state index contributed by atoms with van der Waals surface area (Å²) in [6.07, 6.45) is 4.87. The Morgan fingerprint density at radius 1 is 1.36 bits per heavy atom. The molecule has 1 aromatic carbocycles. The molecular weight excluding hydrogens is 200 g/mol. The summed E-state index contributed by atoms with van der Waals surface area (Å²) in [4.78, 5) is 0. The molecule has 14 heavy (non-hydrogen) atoms. The Labute approximate surface area is 88.8 Å². The van der Waals surface area contributed by atoms with Gasteiger partial charge < -0.3 is 9.47 Å². The molecule has 3 heteroatoms. The maximum atomic E-state index is 5.85. The number of halogens is 1. The van der Waals surface area contributed by atoms with E-state index in [0.717, 1.165) is 11.1 Å². The van der Waals surface area contributed by atoms with Crippen LogP contribution in [-0.2, 0) is 9.47 Å². The predicted octanol–water partition coefficient (Wildman–Crippen LogP) is 2.61. The molecule has 2 nitrogen and oxygen atoms in total. The van der Waals surface area contributed by atoms with E-state index in [0.29, 0.717) is 5.02 Å². The largest absolute Gasteiger partial charge is 0.352 e. The van der Waals surface area contributed by atoms with Gasteiger partial charge in [-0.15, -0.1) is 6.42 Å². The predicted molar refractivity (Wildman–Crippen MR) is 56.1 cm³/mol. The molecular formula is C11H11ClO2. The zero-order valence-corrected chi connectivity index (χ0v) is 8.84. The molecule has 0 aromatic heterocycles. The first kappa shape index (κ1) is 11.1. The highest BCUT2D eigenvalue weighted by atomic mass is 35.5. The zero-order valence-electron chi connectivity index (χ0n) is 8.08. The quantitative estimate of drug-likeness (QED) is 0.564. The third-order valence-corrected chi connectivity index (χ3v) is 2.09. The Morgan fingerprint density at radius 3 is 2.50 bits per heavy atom. The Kier molecular flexibility index (Phi) is 3.97. The van der Waals surface area contributed by atoms with Crippen LogP contribution in [0.5, 0.6) is 0 Å². The second-order valence-corrected chi connectivity index (χ2v) is 3.12. The van der Waals surface area contributed by atoms with Crippen molar-refractivity contribution in [2.45, 2.75) is 6.29 Å². The molecule has 0 saturated carbocycles. The standard InChI is InChI=1S/C11H11ClO2/c1-4-8-5-6-9(12)7-10(8)11(13-2)14-3/h1,5-7,11H,2-3H3. The zero-order chi connectivity index (χ0) is 10.6. The lowest BCUT2D eigenvalue weighted by Gasteiger charge is -2.15. The first-order valence-corrected chi connectivity index (χ1v) is 4.42. The van der Waals surface area contributed by atoms with Crippen molar-refractivity contribution in [3.63, 3.8) is 0 Å². The van der Waals surface area contributed by atoms with E-state index in [1.807, 2.05) is 0 Å². The molecule has 0 bridgehead atoms. The Balaban J connectivity index is 3.16. The first-order valence-electron chi connectivity index (χ1n) is 4.04. The van der Waals surface area contributed by atoms with Crippen LogP contribution in [0.1, 0.15) is 17.4 Å². The molecule has 0 saturated heterocycles. The lowest BCUT2D eigenvalue weighted by molar-refractivity contribution is -0.106. The van der Waals surface area contributed by atoms with Crippen molar-refractivity contribution in [2.75, 3.05) is 14.2 Å². The highest BCUT2D eigenvalue weighted by Crippen LogP contribution is 2.24. The van der Waals surface area contributed by atoms with E-state index in [4.69, 9.17) is 27.5 Å². The fourth-order valence-electron chi connectivity index (χ4n) is 1.21. The molecule has 0 amide bonds. The lowest BCUT2D eigenvalue weighted by atomic mass is 10.1. The maximum absolute atomic E-state index is 5.85. The Morgan fingerprint density at radius 2 is 2.00 bits per heavy atom. The number of benzene rings is 1. The average molecular weight is 211 g/mol. The van der Waals surface area contributed by atoms with Crippen LogP contribution in [0.2, 0.25) is 5.02 Å². The van der Waals surface area contributed by atoms with E-state index in [2.05, 4.69) is 5.92 Å². The van der Waals surface area contributed by atoms with Gasteiger partial charge in [0.05, 0.1) is 0 Å². The number of hydrogen-bond donors (Lipinski definition) is 0. The summed E-state index contributed by atoms with van der Waals surface area (Å²) in [5.41, 5.74) is 1.49. The molecule has 74 valence electrons. The molecule has 1 rings (SSSR count). The topological polar surface area (TPSA) is 18.5 Å². The van der Waals surface area contributed by atoms with Gasteiger partial charge in [0.15, 0.2) is 6.29 Å². The van der Waals surface area contributed by atoms with Crippen LogP contribution < -0.4 is 0 Å². The minimum absolute atomic E-state index is 0.472. The van der Waals surface area contributed by atoms with Gasteiger partial charge in [-0.3, -0.25) is 0 Å². The first-order chi connectivity index (χ1) is 6.72. The van der Waals surface area contributed by atoms with Crippen LogP contribution >= 0.6 is 11.6 Å². The number of rotatable bonds is 3. The maximum Gasteiger partial charge on any atom is 0.184 e. The lowest BCUT2D eigenvalue weighted by Crippen LogP contribution is -2.05. The minimum Gasteiger partial charge on any atom is -0.352 e. The van der Waals surface area contributed by atoms with Crippen molar-refractivity contribution < 1.29 is 9.47 Å². The second-order valence-electron chi connectivity index (χ2n) is 2.68. The SMILES string of the molecule is C#Cc1ccc(Cl)cc1C(OC)OC. The smallest absolute Gasteiger partial charge is 0.184 e. The number of methoxy groups -OCH3 is 2. The van der Waals surface area contributed by atoms with Crippen LogP contribution in [0.15, 0.2) is 18.2 Å². The summed E-state index contributed by atoms with van der Waals surface area (Å²) in [6.45, 7) is 0. The Bertz CT molecular complexity index is 351. The van der Waals surface area contributed by atoms with Crippen LogP contribution in [0, 0.1) is 12.3 Å². The van der Waals surface area contributed by atoms with E-state index >= 15 is 0 Å². The highest BCUT2D eigenvalue weighted by Gasteiger charge is 2.13. The van der Waals surface area contributed by atoms with Gasteiger partial charge in [0.25, 0.3) is 0 Å². The van der Waals surface area contributed by atoms with Gasteiger partial charge in [0.1, 0.15) is 0 Å². The van der Waals surface area contributed by atoms with Crippen molar-refractivity contribution in [1.82, 2.24) is 0 Å². The van der Waals surface area contributed by atoms with Crippen molar-refractivity contribution in [2.24, 2.45) is 0 Å². The van der Waals surface area contributed by atoms with Crippen LogP contribution in [-0.4, -0.2) is 14.2 Å². The van der Waals surface area contributed by atoms with Gasteiger partial charge in [-0.1, -0.05) is 17.5 Å². The van der Waals surface area contributed by atoms with E-state index in [1.165, 1.54) is 0 Å². The fraction of sp³-hybridized carbons (Fsp3) is 0.273. The molecule has 0 unspecified atom stereocenters. The molecule has 0 aliphatic heterocycles. The van der Waals surface area contributed by atoms with Crippen molar-refractivity contribution in [3.8, 4) is 12.3 Å². The molecule has 0 fully saturated rings.